The molecule has 0 radical (unpaired) electrons. The third-order valence-electron chi connectivity index (χ3n) is 6.22. The van der Waals surface area contributed by atoms with Gasteiger partial charge in [-0.3, -0.25) is 19.3 Å². The molecular formula is C17H24N2O3. The van der Waals surface area contributed by atoms with Crippen molar-refractivity contribution in [3.05, 3.63) is 0 Å². The monoisotopic (exact) mass is 304 g/mol. The Morgan fingerprint density at radius 3 is 2.09 bits per heavy atom. The van der Waals surface area contributed by atoms with Crippen LogP contribution < -0.4 is 0 Å². The summed E-state index contributed by atoms with van der Waals surface area (Å²) in [6.07, 6.45) is 6.60. The van der Waals surface area contributed by atoms with Gasteiger partial charge in [-0.05, 0) is 56.8 Å². The number of amides is 3. The van der Waals surface area contributed by atoms with Gasteiger partial charge in [0.05, 0.1) is 0 Å². The van der Waals surface area contributed by atoms with Crippen molar-refractivity contribution in [2.75, 3.05) is 6.54 Å². The van der Waals surface area contributed by atoms with E-state index in [9.17, 15) is 14.4 Å². The lowest BCUT2D eigenvalue weighted by molar-refractivity contribution is -0.151. The van der Waals surface area contributed by atoms with E-state index in [2.05, 4.69) is 0 Å². The van der Waals surface area contributed by atoms with Gasteiger partial charge in [0.15, 0.2) is 0 Å². The topological polar surface area (TPSA) is 57.7 Å². The van der Waals surface area contributed by atoms with Crippen LogP contribution in [0.5, 0.6) is 0 Å². The lowest BCUT2D eigenvalue weighted by Gasteiger charge is -2.39. The second-order valence-electron chi connectivity index (χ2n) is 7.75. The second-order valence-corrected chi connectivity index (χ2v) is 7.75. The molecule has 5 nitrogen and oxygen atoms in total. The third-order valence-corrected chi connectivity index (χ3v) is 6.22. The van der Waals surface area contributed by atoms with E-state index in [0.29, 0.717) is 12.0 Å². The number of rotatable bonds is 2. The molecule has 4 bridgehead atoms. The Morgan fingerprint density at radius 1 is 0.955 bits per heavy atom. The van der Waals surface area contributed by atoms with E-state index < -0.39 is 6.04 Å². The van der Waals surface area contributed by atoms with E-state index >= 15 is 0 Å². The van der Waals surface area contributed by atoms with Crippen LogP contribution in [0.4, 0.5) is 0 Å². The van der Waals surface area contributed by atoms with Crippen molar-refractivity contribution in [3.8, 4) is 0 Å². The third kappa shape index (κ3) is 2.17. The van der Waals surface area contributed by atoms with Crippen molar-refractivity contribution in [3.63, 3.8) is 0 Å². The van der Waals surface area contributed by atoms with E-state index in [4.69, 9.17) is 0 Å². The first-order valence-corrected chi connectivity index (χ1v) is 8.68. The standard InChI is InChI=1S/C17H24N2O3/c1-10(19-15(20)2-3-16(19)21)17(22)18-9-13-5-11-4-12(6-13)8-14(18)7-11/h10-14H,2-9H2,1H3. The summed E-state index contributed by atoms with van der Waals surface area (Å²) < 4.78 is 0. The number of likely N-dealkylation sites (tertiary alicyclic amines) is 1. The number of imide groups is 1. The van der Waals surface area contributed by atoms with Crippen molar-refractivity contribution in [2.45, 2.75) is 64.0 Å². The summed E-state index contributed by atoms with van der Waals surface area (Å²) in [5.74, 6) is 1.80. The van der Waals surface area contributed by atoms with Crippen molar-refractivity contribution in [2.24, 2.45) is 17.8 Å². The Bertz CT molecular complexity index is 502. The average Bonchev–Trinajstić information content (AvgIpc) is 2.68. The largest absolute Gasteiger partial charge is 0.338 e. The van der Waals surface area contributed by atoms with E-state index in [1.165, 1.54) is 24.2 Å². The molecule has 5 fully saturated rings. The highest BCUT2D eigenvalue weighted by Crippen LogP contribution is 2.47. The fourth-order valence-electron chi connectivity index (χ4n) is 5.43. The van der Waals surface area contributed by atoms with Gasteiger partial charge in [-0.2, -0.15) is 0 Å². The fraction of sp³-hybridized carbons (Fsp3) is 0.824. The van der Waals surface area contributed by atoms with Crippen LogP contribution in [0.3, 0.4) is 0 Å². The Morgan fingerprint density at radius 2 is 1.50 bits per heavy atom. The van der Waals surface area contributed by atoms with Crippen molar-refractivity contribution in [1.29, 1.82) is 0 Å². The van der Waals surface area contributed by atoms with Gasteiger partial charge in [0.2, 0.25) is 17.7 Å². The van der Waals surface area contributed by atoms with Crippen LogP contribution in [0.1, 0.15) is 51.9 Å². The summed E-state index contributed by atoms with van der Waals surface area (Å²) in [5, 5.41) is 0. The maximum absolute atomic E-state index is 13.0. The zero-order valence-electron chi connectivity index (χ0n) is 13.2. The highest BCUT2D eigenvalue weighted by atomic mass is 16.2. The molecule has 3 amide bonds. The fourth-order valence-corrected chi connectivity index (χ4v) is 5.43. The Labute approximate surface area is 131 Å². The first-order chi connectivity index (χ1) is 10.5. The van der Waals surface area contributed by atoms with E-state index in [1.807, 2.05) is 4.90 Å². The predicted octanol–water partition coefficient (Wildman–Crippen LogP) is 1.56. The van der Waals surface area contributed by atoms with Crippen LogP contribution in [0.25, 0.3) is 0 Å². The van der Waals surface area contributed by atoms with Gasteiger partial charge in [0.25, 0.3) is 0 Å². The van der Waals surface area contributed by atoms with E-state index in [0.717, 1.165) is 31.2 Å². The predicted molar refractivity (Wildman–Crippen MR) is 79.6 cm³/mol. The molecule has 22 heavy (non-hydrogen) atoms. The van der Waals surface area contributed by atoms with Gasteiger partial charge in [0, 0.05) is 25.4 Å². The summed E-state index contributed by atoms with van der Waals surface area (Å²) >= 11 is 0. The smallest absolute Gasteiger partial charge is 0.245 e. The van der Waals surface area contributed by atoms with E-state index in [-0.39, 0.29) is 30.6 Å². The lowest BCUT2D eigenvalue weighted by Crippen LogP contribution is -2.52. The lowest BCUT2D eigenvalue weighted by atomic mass is 9.68. The zero-order chi connectivity index (χ0) is 15.4. The summed E-state index contributed by atoms with van der Waals surface area (Å²) in [6.45, 7) is 2.55. The molecule has 0 aromatic heterocycles. The average molecular weight is 304 g/mol. The van der Waals surface area contributed by atoms with Gasteiger partial charge in [-0.1, -0.05) is 0 Å². The Balaban J connectivity index is 1.55. The minimum Gasteiger partial charge on any atom is -0.338 e. The number of nitrogens with zero attached hydrogens (tertiary/aromatic N) is 2. The minimum atomic E-state index is -0.627. The summed E-state index contributed by atoms with van der Waals surface area (Å²) in [4.78, 5) is 40.0. The first-order valence-electron chi connectivity index (χ1n) is 8.68. The molecular weight excluding hydrogens is 280 g/mol. The number of fused-ring (bicyclic) bond motifs is 1. The van der Waals surface area contributed by atoms with Gasteiger partial charge in [-0.25, -0.2) is 0 Å². The first kappa shape index (κ1) is 14.2. The summed E-state index contributed by atoms with van der Waals surface area (Å²) in [7, 11) is 0. The number of carbonyl (C=O) groups is 3. The second kappa shape index (κ2) is 5.07. The highest BCUT2D eigenvalue weighted by molar-refractivity contribution is 6.05. The molecule has 3 atom stereocenters. The normalized spacial score (nSPS) is 38.6. The molecule has 0 N–H and O–H groups in total. The van der Waals surface area contributed by atoms with Crippen molar-refractivity contribution < 1.29 is 14.4 Å². The Hall–Kier alpha value is -1.39. The van der Waals surface area contributed by atoms with Gasteiger partial charge in [0.1, 0.15) is 6.04 Å². The maximum atomic E-state index is 13.0. The molecule has 0 spiro atoms. The van der Waals surface area contributed by atoms with Gasteiger partial charge >= 0.3 is 0 Å². The molecule has 5 aliphatic rings. The highest BCUT2D eigenvalue weighted by Gasteiger charge is 2.46. The molecule has 3 heterocycles. The summed E-state index contributed by atoms with van der Waals surface area (Å²) in [5.41, 5.74) is 0. The molecule has 3 aliphatic heterocycles. The van der Waals surface area contributed by atoms with Gasteiger partial charge in [-0.15, -0.1) is 0 Å². The van der Waals surface area contributed by atoms with Crippen LogP contribution in [0.2, 0.25) is 0 Å². The Kier molecular flexibility index (Phi) is 3.27. The molecule has 0 aromatic rings. The van der Waals surface area contributed by atoms with Crippen LogP contribution in [-0.4, -0.2) is 46.1 Å². The molecule has 3 saturated heterocycles. The number of hydrogen-bond acceptors (Lipinski definition) is 3. The van der Waals surface area contributed by atoms with Gasteiger partial charge < -0.3 is 4.90 Å². The molecule has 0 aromatic carbocycles. The van der Waals surface area contributed by atoms with Crippen LogP contribution in [0, 0.1) is 17.8 Å². The molecule has 5 heteroatoms. The zero-order valence-corrected chi connectivity index (χ0v) is 13.2. The number of hydrogen-bond donors (Lipinski definition) is 0. The molecule has 120 valence electrons. The molecule has 3 unspecified atom stereocenters. The SMILES string of the molecule is CC(C(=O)N1CC2CC3CC(C2)CC1C3)N1C(=O)CCC1=O. The van der Waals surface area contributed by atoms with Crippen LogP contribution in [0.15, 0.2) is 0 Å². The van der Waals surface area contributed by atoms with Crippen molar-refractivity contribution >= 4 is 17.7 Å². The quantitative estimate of drug-likeness (QED) is 0.728. The molecule has 2 saturated carbocycles. The van der Waals surface area contributed by atoms with Crippen molar-refractivity contribution in [1.82, 2.24) is 9.80 Å². The van der Waals surface area contributed by atoms with Crippen LogP contribution >= 0.6 is 0 Å². The van der Waals surface area contributed by atoms with E-state index in [1.54, 1.807) is 6.92 Å². The summed E-state index contributed by atoms with van der Waals surface area (Å²) in [6, 6.07) is -0.294. The molecule has 5 rings (SSSR count). The number of carbonyl (C=O) groups excluding carboxylic acids is 3. The minimum absolute atomic E-state index is 0.0122. The van der Waals surface area contributed by atoms with Crippen LogP contribution in [-0.2, 0) is 14.4 Å². The maximum Gasteiger partial charge on any atom is 0.245 e. The molecule has 2 aliphatic carbocycles.